The fourth-order valence-electron chi connectivity index (χ4n) is 2.16. The Bertz CT molecular complexity index is 524. The molecule has 0 N–H and O–H groups in total. The van der Waals surface area contributed by atoms with Gasteiger partial charge in [0.15, 0.2) is 0 Å². The van der Waals surface area contributed by atoms with Crippen LogP contribution in [0.15, 0.2) is 24.8 Å². The number of nitrogens with zero attached hydrogens (tertiary/aromatic N) is 2. The van der Waals surface area contributed by atoms with E-state index in [1.165, 1.54) is 29.6 Å². The number of ketones is 1. The number of hydrogen-bond acceptors (Lipinski definition) is 4. The smallest absolute Gasteiger partial charge is 0.206 e. The molecule has 0 amide bonds. The molecule has 0 unspecified atom stereocenters. The van der Waals surface area contributed by atoms with Gasteiger partial charge in [-0.25, -0.2) is 9.97 Å². The zero-order valence-corrected chi connectivity index (χ0v) is 10.2. The number of aryl methyl sites for hydroxylation is 2. The number of rotatable bonds is 2. The molecule has 0 atom stereocenters. The highest BCUT2D eigenvalue weighted by Gasteiger charge is 2.18. The number of thiophene rings is 1. The summed E-state index contributed by atoms with van der Waals surface area (Å²) in [6.07, 6.45) is 9.32. The highest BCUT2D eigenvalue weighted by Crippen LogP contribution is 2.30. The molecule has 3 rings (SSSR count). The predicted octanol–water partition coefficient (Wildman–Crippen LogP) is 2.65. The van der Waals surface area contributed by atoms with Crippen LogP contribution >= 0.6 is 11.3 Å². The lowest BCUT2D eigenvalue weighted by molar-refractivity contribution is 0.104. The van der Waals surface area contributed by atoms with Crippen LogP contribution in [0.25, 0.3) is 0 Å². The Balaban J connectivity index is 1.94. The molecule has 0 fully saturated rings. The molecule has 86 valence electrons. The molecule has 17 heavy (non-hydrogen) atoms. The van der Waals surface area contributed by atoms with Gasteiger partial charge in [-0.05, 0) is 37.3 Å². The maximum Gasteiger partial charge on any atom is 0.206 e. The van der Waals surface area contributed by atoms with Crippen molar-refractivity contribution < 1.29 is 4.79 Å². The standard InChI is InChI=1S/C13H12N2OS/c16-13(10-6-14-8-15-7-10)12-5-9-3-1-2-4-11(9)17-12/h5-8H,1-4H2. The van der Waals surface area contributed by atoms with Crippen molar-refractivity contribution >= 4 is 17.1 Å². The average molecular weight is 244 g/mol. The highest BCUT2D eigenvalue weighted by molar-refractivity contribution is 7.14. The lowest BCUT2D eigenvalue weighted by atomic mass is 9.99. The van der Waals surface area contributed by atoms with Crippen molar-refractivity contribution in [3.63, 3.8) is 0 Å². The van der Waals surface area contributed by atoms with E-state index in [1.807, 2.05) is 0 Å². The lowest BCUT2D eigenvalue weighted by Gasteiger charge is -2.08. The largest absolute Gasteiger partial charge is 0.288 e. The fourth-order valence-corrected chi connectivity index (χ4v) is 3.38. The third kappa shape index (κ3) is 2.00. The number of carbonyl (C=O) groups is 1. The number of aromatic nitrogens is 2. The SMILES string of the molecule is O=C(c1cncnc1)c1cc2c(s1)CCCC2. The Kier molecular flexibility index (Phi) is 2.73. The first-order valence-electron chi connectivity index (χ1n) is 5.76. The highest BCUT2D eigenvalue weighted by atomic mass is 32.1. The fraction of sp³-hybridized carbons (Fsp3) is 0.308. The quantitative estimate of drug-likeness (QED) is 0.763. The van der Waals surface area contributed by atoms with Gasteiger partial charge >= 0.3 is 0 Å². The van der Waals surface area contributed by atoms with Crippen LogP contribution in [-0.2, 0) is 12.8 Å². The molecule has 0 saturated heterocycles. The van der Waals surface area contributed by atoms with Gasteiger partial charge in [0.05, 0.1) is 10.4 Å². The molecule has 0 saturated carbocycles. The van der Waals surface area contributed by atoms with Crippen molar-refractivity contribution in [2.75, 3.05) is 0 Å². The van der Waals surface area contributed by atoms with Gasteiger partial charge in [0.2, 0.25) is 5.78 Å². The van der Waals surface area contributed by atoms with E-state index >= 15 is 0 Å². The second-order valence-electron chi connectivity index (χ2n) is 4.22. The van der Waals surface area contributed by atoms with Gasteiger partial charge in [0, 0.05) is 17.3 Å². The maximum atomic E-state index is 12.2. The van der Waals surface area contributed by atoms with E-state index in [9.17, 15) is 4.79 Å². The second-order valence-corrected chi connectivity index (χ2v) is 5.36. The molecule has 0 spiro atoms. The van der Waals surface area contributed by atoms with Gasteiger partial charge in [-0.1, -0.05) is 0 Å². The van der Waals surface area contributed by atoms with Crippen LogP contribution in [0, 0.1) is 0 Å². The third-order valence-corrected chi connectivity index (χ3v) is 4.28. The molecule has 2 heterocycles. The first-order valence-corrected chi connectivity index (χ1v) is 6.57. The minimum absolute atomic E-state index is 0.0463. The van der Waals surface area contributed by atoms with Crippen LogP contribution in [0.3, 0.4) is 0 Å². The zero-order chi connectivity index (χ0) is 11.7. The Morgan fingerprint density at radius 2 is 1.94 bits per heavy atom. The van der Waals surface area contributed by atoms with E-state index in [0.717, 1.165) is 17.7 Å². The van der Waals surface area contributed by atoms with Gasteiger partial charge in [-0.2, -0.15) is 0 Å². The van der Waals surface area contributed by atoms with E-state index in [4.69, 9.17) is 0 Å². The van der Waals surface area contributed by atoms with Gasteiger partial charge in [0.1, 0.15) is 6.33 Å². The Morgan fingerprint density at radius 1 is 1.18 bits per heavy atom. The van der Waals surface area contributed by atoms with Crippen molar-refractivity contribution in [1.82, 2.24) is 9.97 Å². The van der Waals surface area contributed by atoms with Crippen LogP contribution in [-0.4, -0.2) is 15.8 Å². The summed E-state index contributed by atoms with van der Waals surface area (Å²) in [5, 5.41) is 0. The first-order chi connectivity index (χ1) is 8.34. The zero-order valence-electron chi connectivity index (χ0n) is 9.35. The van der Waals surface area contributed by atoms with E-state index in [-0.39, 0.29) is 5.78 Å². The van der Waals surface area contributed by atoms with Gasteiger partial charge < -0.3 is 0 Å². The summed E-state index contributed by atoms with van der Waals surface area (Å²) in [5.74, 6) is 0.0463. The molecule has 0 aliphatic heterocycles. The Morgan fingerprint density at radius 3 is 2.71 bits per heavy atom. The van der Waals surface area contributed by atoms with Gasteiger partial charge in [-0.3, -0.25) is 4.79 Å². The minimum atomic E-state index is 0.0463. The molecule has 0 bridgehead atoms. The van der Waals surface area contributed by atoms with Crippen molar-refractivity contribution in [2.45, 2.75) is 25.7 Å². The molecule has 4 heteroatoms. The van der Waals surface area contributed by atoms with E-state index in [0.29, 0.717) is 5.56 Å². The van der Waals surface area contributed by atoms with Crippen molar-refractivity contribution in [3.8, 4) is 0 Å². The maximum absolute atomic E-state index is 12.2. The van der Waals surface area contributed by atoms with Crippen LogP contribution in [0.4, 0.5) is 0 Å². The van der Waals surface area contributed by atoms with Crippen molar-refractivity contribution in [2.24, 2.45) is 0 Å². The summed E-state index contributed by atoms with van der Waals surface area (Å²) in [4.78, 5) is 22.2. The molecule has 0 radical (unpaired) electrons. The summed E-state index contributed by atoms with van der Waals surface area (Å²) in [6, 6.07) is 2.05. The van der Waals surface area contributed by atoms with E-state index in [1.54, 1.807) is 23.7 Å². The molecular formula is C13H12N2OS. The third-order valence-electron chi connectivity index (χ3n) is 3.04. The number of carbonyl (C=O) groups excluding carboxylic acids is 1. The first kappa shape index (κ1) is 10.6. The van der Waals surface area contributed by atoms with Crippen LogP contribution in [0.2, 0.25) is 0 Å². The van der Waals surface area contributed by atoms with Crippen LogP contribution < -0.4 is 0 Å². The number of hydrogen-bond donors (Lipinski definition) is 0. The average Bonchev–Trinajstić information content (AvgIpc) is 2.82. The van der Waals surface area contributed by atoms with Gasteiger partial charge in [-0.15, -0.1) is 11.3 Å². The Hall–Kier alpha value is -1.55. The second kappa shape index (κ2) is 4.37. The van der Waals surface area contributed by atoms with Gasteiger partial charge in [0.25, 0.3) is 0 Å². The molecule has 2 aromatic rings. The normalized spacial score (nSPS) is 14.4. The van der Waals surface area contributed by atoms with E-state index < -0.39 is 0 Å². The molecular weight excluding hydrogens is 232 g/mol. The summed E-state index contributed by atoms with van der Waals surface area (Å²) < 4.78 is 0. The molecule has 1 aliphatic rings. The molecule has 0 aromatic carbocycles. The molecule has 2 aromatic heterocycles. The molecule has 1 aliphatic carbocycles. The Labute approximate surface area is 104 Å². The van der Waals surface area contributed by atoms with E-state index in [2.05, 4.69) is 16.0 Å². The summed E-state index contributed by atoms with van der Waals surface area (Å²) in [6.45, 7) is 0. The molecule has 3 nitrogen and oxygen atoms in total. The van der Waals surface area contributed by atoms with Crippen LogP contribution in [0.1, 0.15) is 38.5 Å². The van der Waals surface area contributed by atoms with Crippen molar-refractivity contribution in [1.29, 1.82) is 0 Å². The predicted molar refractivity (Wildman–Crippen MR) is 66.4 cm³/mol. The summed E-state index contributed by atoms with van der Waals surface area (Å²) in [5.41, 5.74) is 1.94. The minimum Gasteiger partial charge on any atom is -0.288 e. The van der Waals surface area contributed by atoms with Crippen molar-refractivity contribution in [3.05, 3.63) is 45.7 Å². The monoisotopic (exact) mass is 244 g/mol. The topological polar surface area (TPSA) is 42.9 Å². The summed E-state index contributed by atoms with van der Waals surface area (Å²) >= 11 is 1.63. The number of fused-ring (bicyclic) bond motifs is 1. The summed E-state index contributed by atoms with van der Waals surface area (Å²) in [7, 11) is 0. The lowest BCUT2D eigenvalue weighted by Crippen LogP contribution is -1.99. The van der Waals surface area contributed by atoms with Crippen LogP contribution in [0.5, 0.6) is 0 Å².